The number of ether oxygens (including phenoxy) is 1. The summed E-state index contributed by atoms with van der Waals surface area (Å²) in [4.78, 5) is 9.45. The van der Waals surface area contributed by atoms with E-state index in [-0.39, 0.29) is 0 Å². The number of hydrogen-bond donors (Lipinski definition) is 2. The van der Waals surface area contributed by atoms with Gasteiger partial charge in [0.15, 0.2) is 5.96 Å². The SMILES string of the molecule is CCN1CCCC1CNC(=NC)NCCCOC1CCN(Cc2ccccc2)CC1. The maximum Gasteiger partial charge on any atom is 0.191 e. The molecule has 0 radical (unpaired) electrons. The molecule has 2 saturated heterocycles. The maximum atomic E-state index is 6.13. The monoisotopic (exact) mass is 415 g/mol. The Morgan fingerprint density at radius 2 is 1.90 bits per heavy atom. The summed E-state index contributed by atoms with van der Waals surface area (Å²) in [6.07, 6.45) is 6.30. The summed E-state index contributed by atoms with van der Waals surface area (Å²) in [7, 11) is 1.85. The second-order valence-corrected chi connectivity index (χ2v) is 8.49. The summed E-state index contributed by atoms with van der Waals surface area (Å²) >= 11 is 0. The third-order valence-corrected chi connectivity index (χ3v) is 6.38. The summed E-state index contributed by atoms with van der Waals surface area (Å²) in [5.41, 5.74) is 1.40. The van der Waals surface area contributed by atoms with Crippen molar-refractivity contribution in [2.24, 2.45) is 4.99 Å². The smallest absolute Gasteiger partial charge is 0.191 e. The largest absolute Gasteiger partial charge is 0.378 e. The first-order valence-corrected chi connectivity index (χ1v) is 11.8. The van der Waals surface area contributed by atoms with Gasteiger partial charge < -0.3 is 15.4 Å². The van der Waals surface area contributed by atoms with E-state index in [9.17, 15) is 0 Å². The van der Waals surface area contributed by atoms with Crippen molar-refractivity contribution in [2.45, 2.75) is 57.7 Å². The van der Waals surface area contributed by atoms with E-state index in [0.29, 0.717) is 12.1 Å². The van der Waals surface area contributed by atoms with Gasteiger partial charge >= 0.3 is 0 Å². The lowest BCUT2D eigenvalue weighted by atomic mass is 10.1. The molecule has 1 aromatic rings. The second-order valence-electron chi connectivity index (χ2n) is 8.49. The zero-order valence-corrected chi connectivity index (χ0v) is 19.0. The van der Waals surface area contributed by atoms with Gasteiger partial charge in [0.1, 0.15) is 0 Å². The van der Waals surface area contributed by atoms with Crippen molar-refractivity contribution < 1.29 is 4.74 Å². The van der Waals surface area contributed by atoms with Gasteiger partial charge in [0.05, 0.1) is 6.10 Å². The van der Waals surface area contributed by atoms with Gasteiger partial charge in [0.2, 0.25) is 0 Å². The number of nitrogens with zero attached hydrogens (tertiary/aromatic N) is 3. The van der Waals surface area contributed by atoms with Crippen LogP contribution in [0.15, 0.2) is 35.3 Å². The molecule has 0 amide bonds. The highest BCUT2D eigenvalue weighted by Crippen LogP contribution is 2.17. The maximum absolute atomic E-state index is 6.13. The highest BCUT2D eigenvalue weighted by molar-refractivity contribution is 5.79. The first-order chi connectivity index (χ1) is 14.8. The number of guanidine groups is 1. The molecule has 0 bridgehead atoms. The number of aliphatic imine (C=N–C) groups is 1. The predicted octanol–water partition coefficient (Wildman–Crippen LogP) is 2.71. The summed E-state index contributed by atoms with van der Waals surface area (Å²) in [6.45, 7) is 10.6. The number of likely N-dealkylation sites (tertiary alicyclic amines) is 2. The molecule has 0 saturated carbocycles. The number of rotatable bonds is 10. The fraction of sp³-hybridized carbons (Fsp3) is 0.708. The van der Waals surface area contributed by atoms with Crippen LogP contribution in [0.1, 0.15) is 44.6 Å². The minimum Gasteiger partial charge on any atom is -0.378 e. The van der Waals surface area contributed by atoms with Crippen molar-refractivity contribution >= 4 is 5.96 Å². The van der Waals surface area contributed by atoms with Gasteiger partial charge in [-0.1, -0.05) is 37.3 Å². The summed E-state index contributed by atoms with van der Waals surface area (Å²) in [5, 5.41) is 6.92. The van der Waals surface area contributed by atoms with Crippen molar-refractivity contribution in [1.82, 2.24) is 20.4 Å². The van der Waals surface area contributed by atoms with Crippen LogP contribution < -0.4 is 10.6 Å². The molecule has 2 fully saturated rings. The van der Waals surface area contributed by atoms with Crippen molar-refractivity contribution in [3.05, 3.63) is 35.9 Å². The fourth-order valence-electron chi connectivity index (χ4n) is 4.58. The lowest BCUT2D eigenvalue weighted by Crippen LogP contribution is -2.45. The zero-order valence-electron chi connectivity index (χ0n) is 19.0. The highest BCUT2D eigenvalue weighted by atomic mass is 16.5. The van der Waals surface area contributed by atoms with Gasteiger partial charge in [-0.25, -0.2) is 0 Å². The minimum absolute atomic E-state index is 0.414. The van der Waals surface area contributed by atoms with E-state index >= 15 is 0 Å². The van der Waals surface area contributed by atoms with Crippen LogP contribution >= 0.6 is 0 Å². The van der Waals surface area contributed by atoms with E-state index in [2.05, 4.69) is 62.7 Å². The van der Waals surface area contributed by atoms with Crippen LogP contribution in [0.4, 0.5) is 0 Å². The molecule has 0 spiro atoms. The number of piperidine rings is 1. The Morgan fingerprint density at radius 3 is 2.63 bits per heavy atom. The van der Waals surface area contributed by atoms with Crippen LogP contribution in [-0.4, -0.2) is 80.8 Å². The van der Waals surface area contributed by atoms with Crippen LogP contribution in [0.25, 0.3) is 0 Å². The van der Waals surface area contributed by atoms with Crippen LogP contribution in [-0.2, 0) is 11.3 Å². The van der Waals surface area contributed by atoms with E-state index in [1.165, 1.54) is 24.9 Å². The van der Waals surface area contributed by atoms with Gasteiger partial charge in [0.25, 0.3) is 0 Å². The lowest BCUT2D eigenvalue weighted by molar-refractivity contribution is 0.00534. The van der Waals surface area contributed by atoms with Crippen LogP contribution in [0.2, 0.25) is 0 Å². The summed E-state index contributed by atoms with van der Waals surface area (Å²) in [6, 6.07) is 11.4. The molecule has 168 valence electrons. The van der Waals surface area contributed by atoms with Gasteiger partial charge in [0, 0.05) is 52.4 Å². The standard InChI is InChI=1S/C24H41N5O/c1-3-29-15-7-11-22(29)19-27-24(25-2)26-14-8-18-30-23-12-16-28(17-13-23)20-21-9-5-4-6-10-21/h4-6,9-10,22-23H,3,7-8,11-20H2,1-2H3,(H2,25,26,27). The molecular formula is C24H41N5O. The summed E-state index contributed by atoms with van der Waals surface area (Å²) < 4.78 is 6.13. The van der Waals surface area contributed by atoms with Gasteiger partial charge in [-0.2, -0.15) is 0 Å². The molecule has 2 N–H and O–H groups in total. The number of benzene rings is 1. The molecule has 1 atom stereocenters. The molecule has 0 aliphatic carbocycles. The lowest BCUT2D eigenvalue weighted by Gasteiger charge is -2.32. The van der Waals surface area contributed by atoms with Gasteiger partial charge in [-0.3, -0.25) is 14.8 Å². The third kappa shape index (κ3) is 7.56. The molecule has 6 heteroatoms. The minimum atomic E-state index is 0.414. The molecule has 2 heterocycles. The molecule has 1 unspecified atom stereocenters. The average molecular weight is 416 g/mol. The Morgan fingerprint density at radius 1 is 1.10 bits per heavy atom. The Labute approximate surface area is 183 Å². The molecule has 2 aliphatic heterocycles. The fourth-order valence-corrected chi connectivity index (χ4v) is 4.58. The normalized spacial score (nSPS) is 21.8. The molecule has 6 nitrogen and oxygen atoms in total. The van der Waals surface area contributed by atoms with Crippen molar-refractivity contribution in [2.75, 3.05) is 52.9 Å². The first-order valence-electron chi connectivity index (χ1n) is 11.8. The number of likely N-dealkylation sites (N-methyl/N-ethyl adjacent to an activating group) is 1. The summed E-state index contributed by atoms with van der Waals surface area (Å²) in [5.74, 6) is 0.909. The van der Waals surface area contributed by atoms with Gasteiger partial charge in [-0.05, 0) is 50.8 Å². The van der Waals surface area contributed by atoms with Crippen LogP contribution in [0.3, 0.4) is 0 Å². The molecule has 2 aliphatic rings. The number of nitrogens with one attached hydrogen (secondary N) is 2. The molecule has 0 aromatic heterocycles. The highest BCUT2D eigenvalue weighted by Gasteiger charge is 2.23. The van der Waals surface area contributed by atoms with E-state index in [1.807, 2.05) is 7.05 Å². The Hall–Kier alpha value is -1.63. The number of hydrogen-bond acceptors (Lipinski definition) is 4. The molecule has 3 rings (SSSR count). The zero-order chi connectivity index (χ0) is 21.0. The third-order valence-electron chi connectivity index (χ3n) is 6.38. The molecule has 30 heavy (non-hydrogen) atoms. The second kappa shape index (κ2) is 12.9. The van der Waals surface area contributed by atoms with Crippen molar-refractivity contribution in [1.29, 1.82) is 0 Å². The molecular weight excluding hydrogens is 374 g/mol. The van der Waals surface area contributed by atoms with Crippen LogP contribution in [0.5, 0.6) is 0 Å². The first kappa shape index (κ1) is 23.0. The van der Waals surface area contributed by atoms with E-state index in [0.717, 1.165) is 71.1 Å². The Bertz CT molecular complexity index is 615. The van der Waals surface area contributed by atoms with E-state index in [1.54, 1.807) is 0 Å². The van der Waals surface area contributed by atoms with Gasteiger partial charge in [-0.15, -0.1) is 0 Å². The Balaban J connectivity index is 1.22. The average Bonchev–Trinajstić information content (AvgIpc) is 3.25. The Kier molecular flexibility index (Phi) is 9.93. The topological polar surface area (TPSA) is 52.1 Å². The predicted molar refractivity (Wildman–Crippen MR) is 125 cm³/mol. The quantitative estimate of drug-likeness (QED) is 0.350. The van der Waals surface area contributed by atoms with E-state index in [4.69, 9.17) is 4.74 Å². The van der Waals surface area contributed by atoms with Crippen molar-refractivity contribution in [3.8, 4) is 0 Å². The van der Waals surface area contributed by atoms with Crippen LogP contribution in [0, 0.1) is 0 Å². The van der Waals surface area contributed by atoms with E-state index < -0.39 is 0 Å². The molecule has 1 aromatic carbocycles. The van der Waals surface area contributed by atoms with Crippen molar-refractivity contribution in [3.63, 3.8) is 0 Å².